The molecule has 3 fully saturated rings. The number of nitrogens with one attached hydrogen (secondary N) is 3. The van der Waals surface area contributed by atoms with E-state index in [0.717, 1.165) is 12.8 Å². The van der Waals surface area contributed by atoms with E-state index in [0.29, 0.717) is 5.92 Å². The van der Waals surface area contributed by atoms with Gasteiger partial charge in [-0.3, -0.25) is 0 Å². The standard InChI is InChI=1S/C16H30IN3O2/c1-5-15(6-2,12-10-8-7-9-11-12)22-13(21)14(3,18-4)16-17(19-16)20-16/h12,18-20H,5-11H2,1-4H3. The molecule has 128 valence electrons. The third kappa shape index (κ3) is 2.41. The number of ether oxygens (including phenoxy) is 1. The van der Waals surface area contributed by atoms with Gasteiger partial charge in [-0.1, -0.05) is 0 Å². The minimum atomic E-state index is -1.21. The summed E-state index contributed by atoms with van der Waals surface area (Å²) in [6.45, 7) is 6.32. The molecule has 0 radical (unpaired) electrons. The van der Waals surface area contributed by atoms with Gasteiger partial charge in [0.1, 0.15) is 0 Å². The summed E-state index contributed by atoms with van der Waals surface area (Å²) >= 11 is -1.21. The zero-order valence-electron chi connectivity index (χ0n) is 14.2. The molecule has 3 rings (SSSR count). The molecule has 0 spiro atoms. The fourth-order valence-electron chi connectivity index (χ4n) is 3.99. The molecule has 22 heavy (non-hydrogen) atoms. The Morgan fingerprint density at radius 2 is 1.82 bits per heavy atom. The summed E-state index contributed by atoms with van der Waals surface area (Å²) in [6, 6.07) is 0. The number of likely N-dealkylation sites (N-methyl/N-ethyl adjacent to an activating group) is 1. The van der Waals surface area contributed by atoms with Gasteiger partial charge in [0.2, 0.25) is 0 Å². The molecule has 0 amide bonds. The maximum absolute atomic E-state index is 13.0. The van der Waals surface area contributed by atoms with E-state index in [9.17, 15) is 4.79 Å². The van der Waals surface area contributed by atoms with Crippen LogP contribution in [0.3, 0.4) is 0 Å². The van der Waals surface area contributed by atoms with E-state index in [1.54, 1.807) is 0 Å². The van der Waals surface area contributed by atoms with E-state index in [-0.39, 0.29) is 15.2 Å². The van der Waals surface area contributed by atoms with Gasteiger partial charge in [0.05, 0.1) is 0 Å². The summed E-state index contributed by atoms with van der Waals surface area (Å²) in [4.78, 5) is 13.0. The van der Waals surface area contributed by atoms with Gasteiger partial charge < -0.3 is 0 Å². The minimum absolute atomic E-state index is 0.0819. The van der Waals surface area contributed by atoms with Gasteiger partial charge in [-0.05, 0) is 0 Å². The van der Waals surface area contributed by atoms with Gasteiger partial charge in [-0.2, -0.15) is 0 Å². The van der Waals surface area contributed by atoms with Gasteiger partial charge in [0.25, 0.3) is 0 Å². The Balaban J connectivity index is 1.76. The zero-order chi connectivity index (χ0) is 16.0. The summed E-state index contributed by atoms with van der Waals surface area (Å²) in [5.74, 6) is 0.439. The van der Waals surface area contributed by atoms with Crippen LogP contribution in [0.25, 0.3) is 0 Å². The summed E-state index contributed by atoms with van der Waals surface area (Å²) in [5, 5.41) is 3.24. The first-order chi connectivity index (χ1) is 10.5. The van der Waals surface area contributed by atoms with E-state index in [4.69, 9.17) is 4.74 Å². The van der Waals surface area contributed by atoms with Crippen LogP contribution in [0.15, 0.2) is 0 Å². The van der Waals surface area contributed by atoms with Crippen LogP contribution >= 0.6 is 20.4 Å². The van der Waals surface area contributed by atoms with Crippen LogP contribution in [-0.2, 0) is 9.53 Å². The predicted molar refractivity (Wildman–Crippen MR) is 96.5 cm³/mol. The monoisotopic (exact) mass is 423 g/mol. The van der Waals surface area contributed by atoms with Crippen LogP contribution in [-0.4, -0.2) is 27.8 Å². The number of halogens is 1. The summed E-state index contributed by atoms with van der Waals surface area (Å²) in [5.41, 5.74) is -0.919. The number of carbonyl (C=O) groups excluding carboxylic acids is 1. The SMILES string of the molecule is CCC(CC)(OC(=O)C(C)(NC)C12NI1N2)C1CCCCC1. The second kappa shape index (κ2) is 5.86. The van der Waals surface area contributed by atoms with Crippen molar-refractivity contribution < 1.29 is 9.53 Å². The maximum atomic E-state index is 13.0. The van der Waals surface area contributed by atoms with Crippen molar-refractivity contribution >= 4 is 26.3 Å². The first-order valence-corrected chi connectivity index (χ1v) is 11.9. The average Bonchev–Trinajstić information content (AvgIpc) is 3.42. The summed E-state index contributed by atoms with van der Waals surface area (Å²) < 4.78 is 13.1. The Hall–Kier alpha value is 0.0800. The fraction of sp³-hybridized carbons (Fsp3) is 0.938. The Labute approximate surface area is 141 Å². The van der Waals surface area contributed by atoms with E-state index in [2.05, 4.69) is 26.2 Å². The Morgan fingerprint density at radius 3 is 2.23 bits per heavy atom. The molecular weight excluding hydrogens is 393 g/mol. The van der Waals surface area contributed by atoms with Crippen molar-refractivity contribution in [3.8, 4) is 0 Å². The van der Waals surface area contributed by atoms with Crippen molar-refractivity contribution in [1.29, 1.82) is 0 Å². The quantitative estimate of drug-likeness (QED) is 0.147. The molecule has 0 aromatic heterocycles. The molecule has 2 saturated heterocycles. The molecule has 1 saturated carbocycles. The normalized spacial score (nSPS) is 27.7. The Morgan fingerprint density at radius 1 is 1.27 bits per heavy atom. The van der Waals surface area contributed by atoms with Gasteiger partial charge in [0.15, 0.2) is 0 Å². The van der Waals surface area contributed by atoms with E-state index >= 15 is 0 Å². The van der Waals surface area contributed by atoms with Crippen LogP contribution in [0.4, 0.5) is 0 Å². The third-order valence-corrected chi connectivity index (χ3v) is 11.0. The molecule has 2 aliphatic heterocycles. The molecule has 3 aliphatic rings. The van der Waals surface area contributed by atoms with Crippen LogP contribution in [0.5, 0.6) is 0 Å². The summed E-state index contributed by atoms with van der Waals surface area (Å²) in [7, 11) is 1.87. The van der Waals surface area contributed by atoms with E-state index in [1.807, 2.05) is 14.0 Å². The molecule has 0 aromatic rings. The Bertz CT molecular complexity index is 443. The number of hydrogen-bond acceptors (Lipinski definition) is 5. The number of carbonyl (C=O) groups is 1. The molecule has 0 bridgehead atoms. The molecule has 0 aromatic carbocycles. The third-order valence-electron chi connectivity index (χ3n) is 6.10. The van der Waals surface area contributed by atoms with Crippen molar-refractivity contribution in [3.63, 3.8) is 0 Å². The zero-order valence-corrected chi connectivity index (χ0v) is 16.4. The number of rotatable bonds is 7. The van der Waals surface area contributed by atoms with E-state index < -0.39 is 25.9 Å². The predicted octanol–water partition coefficient (Wildman–Crippen LogP) is 2.84. The molecule has 1 atom stereocenters. The van der Waals surface area contributed by atoms with Gasteiger partial charge in [-0.25, -0.2) is 0 Å². The number of esters is 1. The van der Waals surface area contributed by atoms with Crippen LogP contribution in [0.2, 0.25) is 0 Å². The Kier molecular flexibility index (Phi) is 4.51. The van der Waals surface area contributed by atoms with Crippen molar-refractivity contribution in [3.05, 3.63) is 0 Å². The number of fused-ring (bicyclic) bond motifs is 1. The fourth-order valence-corrected chi connectivity index (χ4v) is 9.29. The van der Waals surface area contributed by atoms with Gasteiger partial charge in [0, 0.05) is 0 Å². The molecular formula is C16H30IN3O2. The second-order valence-electron chi connectivity index (χ2n) is 7.00. The second-order valence-corrected chi connectivity index (χ2v) is 11.3. The van der Waals surface area contributed by atoms with Crippen molar-refractivity contribution in [2.24, 2.45) is 5.92 Å². The molecule has 3 N–H and O–H groups in total. The van der Waals surface area contributed by atoms with Crippen molar-refractivity contribution in [2.75, 3.05) is 7.05 Å². The molecule has 6 heteroatoms. The molecule has 1 aliphatic carbocycles. The molecule has 5 nitrogen and oxygen atoms in total. The van der Waals surface area contributed by atoms with Crippen LogP contribution in [0.1, 0.15) is 65.7 Å². The van der Waals surface area contributed by atoms with Crippen molar-refractivity contribution in [1.82, 2.24) is 12.4 Å². The number of alkyl halides is 1. The molecule has 1 unspecified atom stereocenters. The van der Waals surface area contributed by atoms with Crippen LogP contribution < -0.4 is 12.4 Å². The molecule has 2 heterocycles. The van der Waals surface area contributed by atoms with Gasteiger partial charge in [-0.15, -0.1) is 0 Å². The first kappa shape index (κ1) is 16.9. The van der Waals surface area contributed by atoms with Crippen molar-refractivity contribution in [2.45, 2.75) is 80.5 Å². The average molecular weight is 423 g/mol. The summed E-state index contributed by atoms with van der Waals surface area (Å²) in [6.07, 6.45) is 8.10. The van der Waals surface area contributed by atoms with Crippen LogP contribution in [0, 0.1) is 5.92 Å². The van der Waals surface area contributed by atoms with E-state index in [1.165, 1.54) is 32.1 Å². The van der Waals surface area contributed by atoms with Gasteiger partial charge >= 0.3 is 142 Å². The topological polar surface area (TPSA) is 82.2 Å². The number of hydrogen-bond donors (Lipinski definition) is 3. The first-order valence-electron chi connectivity index (χ1n) is 8.66.